The van der Waals surface area contributed by atoms with Gasteiger partial charge in [-0.3, -0.25) is 5.10 Å². The van der Waals surface area contributed by atoms with E-state index in [9.17, 15) is 0 Å². The smallest absolute Gasteiger partial charge is 0.0885 e. The van der Waals surface area contributed by atoms with Crippen LogP contribution in [-0.4, -0.2) is 16.8 Å². The standard InChI is InChI=1S/C10H16N2O/c1-10(2,3)9-7-4-5-13-6-8(7)11-12-9/h4-6H2,1-3H3,(H,11,12). The minimum absolute atomic E-state index is 0.140. The highest BCUT2D eigenvalue weighted by Crippen LogP contribution is 2.28. The minimum atomic E-state index is 0.140. The van der Waals surface area contributed by atoms with Crippen LogP contribution in [0.25, 0.3) is 0 Å². The second-order valence-corrected chi connectivity index (χ2v) is 4.58. The van der Waals surface area contributed by atoms with Crippen molar-refractivity contribution in [2.45, 2.75) is 39.2 Å². The molecule has 1 N–H and O–H groups in total. The molecule has 0 unspecified atom stereocenters. The summed E-state index contributed by atoms with van der Waals surface area (Å²) in [5, 5.41) is 7.42. The van der Waals surface area contributed by atoms with Crippen LogP contribution in [0, 0.1) is 0 Å². The fourth-order valence-electron chi connectivity index (χ4n) is 1.76. The van der Waals surface area contributed by atoms with Gasteiger partial charge < -0.3 is 4.74 Å². The number of H-pyrrole nitrogens is 1. The number of fused-ring (bicyclic) bond motifs is 1. The second-order valence-electron chi connectivity index (χ2n) is 4.58. The highest BCUT2D eigenvalue weighted by atomic mass is 16.5. The van der Waals surface area contributed by atoms with Crippen molar-refractivity contribution in [3.05, 3.63) is 17.0 Å². The van der Waals surface area contributed by atoms with Crippen molar-refractivity contribution in [2.75, 3.05) is 6.61 Å². The lowest BCUT2D eigenvalue weighted by Crippen LogP contribution is -2.17. The first-order valence-corrected chi connectivity index (χ1v) is 4.73. The van der Waals surface area contributed by atoms with Gasteiger partial charge in [-0.1, -0.05) is 20.8 Å². The van der Waals surface area contributed by atoms with Crippen molar-refractivity contribution in [3.8, 4) is 0 Å². The van der Waals surface area contributed by atoms with E-state index in [4.69, 9.17) is 4.74 Å². The Bertz CT molecular complexity index is 309. The molecule has 1 aromatic heterocycles. The average Bonchev–Trinajstić information content (AvgIpc) is 2.45. The first-order chi connectivity index (χ1) is 6.09. The molecule has 0 aliphatic carbocycles. The summed E-state index contributed by atoms with van der Waals surface area (Å²) in [6.45, 7) is 8.10. The highest BCUT2D eigenvalue weighted by Gasteiger charge is 2.25. The van der Waals surface area contributed by atoms with E-state index < -0.39 is 0 Å². The van der Waals surface area contributed by atoms with E-state index in [0.717, 1.165) is 18.7 Å². The summed E-state index contributed by atoms with van der Waals surface area (Å²) in [7, 11) is 0. The highest BCUT2D eigenvalue weighted by molar-refractivity contribution is 5.31. The van der Waals surface area contributed by atoms with Gasteiger partial charge in [-0.15, -0.1) is 0 Å². The van der Waals surface area contributed by atoms with Gasteiger partial charge in [0.25, 0.3) is 0 Å². The molecule has 0 spiro atoms. The summed E-state index contributed by atoms with van der Waals surface area (Å²) in [6, 6.07) is 0. The van der Waals surface area contributed by atoms with E-state index in [0.29, 0.717) is 6.61 Å². The molecular weight excluding hydrogens is 164 g/mol. The van der Waals surface area contributed by atoms with Crippen LogP contribution >= 0.6 is 0 Å². The van der Waals surface area contributed by atoms with Crippen LogP contribution in [-0.2, 0) is 23.2 Å². The maximum absolute atomic E-state index is 5.35. The van der Waals surface area contributed by atoms with E-state index in [1.165, 1.54) is 11.3 Å². The van der Waals surface area contributed by atoms with Crippen LogP contribution in [0.15, 0.2) is 0 Å². The molecule has 2 heterocycles. The molecular formula is C10H16N2O. The zero-order chi connectivity index (χ0) is 9.47. The first kappa shape index (κ1) is 8.75. The Kier molecular flexibility index (Phi) is 1.91. The van der Waals surface area contributed by atoms with Gasteiger partial charge >= 0.3 is 0 Å². The predicted molar refractivity (Wildman–Crippen MR) is 50.6 cm³/mol. The summed E-state index contributed by atoms with van der Waals surface area (Å²) in [5.41, 5.74) is 3.88. The van der Waals surface area contributed by atoms with Crippen molar-refractivity contribution in [1.82, 2.24) is 10.2 Å². The molecule has 0 atom stereocenters. The molecule has 3 heteroatoms. The molecule has 0 aromatic carbocycles. The number of nitrogens with zero attached hydrogens (tertiary/aromatic N) is 1. The molecule has 0 fully saturated rings. The molecule has 0 bridgehead atoms. The van der Waals surface area contributed by atoms with E-state index >= 15 is 0 Å². The lowest BCUT2D eigenvalue weighted by atomic mass is 9.87. The minimum Gasteiger partial charge on any atom is -0.375 e. The number of aromatic nitrogens is 2. The van der Waals surface area contributed by atoms with Crippen LogP contribution in [0.1, 0.15) is 37.7 Å². The molecule has 1 aliphatic rings. The topological polar surface area (TPSA) is 37.9 Å². The van der Waals surface area contributed by atoms with Crippen LogP contribution in [0.3, 0.4) is 0 Å². The number of ether oxygens (including phenoxy) is 1. The van der Waals surface area contributed by atoms with Crippen LogP contribution in [0.2, 0.25) is 0 Å². The second kappa shape index (κ2) is 2.84. The normalized spacial score (nSPS) is 17.2. The monoisotopic (exact) mass is 180 g/mol. The Morgan fingerprint density at radius 1 is 1.38 bits per heavy atom. The quantitative estimate of drug-likeness (QED) is 0.661. The van der Waals surface area contributed by atoms with Gasteiger partial charge in [-0.25, -0.2) is 0 Å². The molecule has 13 heavy (non-hydrogen) atoms. The molecule has 0 radical (unpaired) electrons. The van der Waals surface area contributed by atoms with E-state index in [1.54, 1.807) is 0 Å². The van der Waals surface area contributed by atoms with E-state index in [-0.39, 0.29) is 5.41 Å². The third kappa shape index (κ3) is 1.48. The summed E-state index contributed by atoms with van der Waals surface area (Å²) in [5.74, 6) is 0. The maximum Gasteiger partial charge on any atom is 0.0885 e. The molecule has 3 nitrogen and oxygen atoms in total. The van der Waals surface area contributed by atoms with Crippen LogP contribution < -0.4 is 0 Å². The zero-order valence-electron chi connectivity index (χ0n) is 8.48. The van der Waals surface area contributed by atoms with Gasteiger partial charge in [0.05, 0.1) is 24.6 Å². The van der Waals surface area contributed by atoms with Gasteiger partial charge in [-0.05, 0) is 6.42 Å². The molecule has 0 amide bonds. The van der Waals surface area contributed by atoms with Gasteiger partial charge in [0.1, 0.15) is 0 Å². The van der Waals surface area contributed by atoms with Crippen molar-refractivity contribution in [2.24, 2.45) is 0 Å². The average molecular weight is 180 g/mol. The lowest BCUT2D eigenvalue weighted by molar-refractivity contribution is 0.108. The Labute approximate surface area is 78.5 Å². The SMILES string of the molecule is CC(C)(C)c1n[nH]c2c1CCOC2. The molecule has 1 aromatic rings. The van der Waals surface area contributed by atoms with Crippen LogP contribution in [0.5, 0.6) is 0 Å². The maximum atomic E-state index is 5.35. The fourth-order valence-corrected chi connectivity index (χ4v) is 1.76. The third-order valence-electron chi connectivity index (χ3n) is 2.41. The largest absolute Gasteiger partial charge is 0.375 e. The molecule has 72 valence electrons. The van der Waals surface area contributed by atoms with Gasteiger partial charge in [0.2, 0.25) is 0 Å². The molecule has 2 rings (SSSR count). The summed E-state index contributed by atoms with van der Waals surface area (Å²) < 4.78 is 5.35. The van der Waals surface area contributed by atoms with Crippen LogP contribution in [0.4, 0.5) is 0 Å². The summed E-state index contributed by atoms with van der Waals surface area (Å²) in [6.07, 6.45) is 0.998. The Balaban J connectivity index is 2.43. The van der Waals surface area contributed by atoms with Gasteiger partial charge in [0.15, 0.2) is 0 Å². The number of aromatic amines is 1. The Morgan fingerprint density at radius 2 is 2.15 bits per heavy atom. The van der Waals surface area contributed by atoms with E-state index in [1.807, 2.05) is 0 Å². The number of hydrogen-bond acceptors (Lipinski definition) is 2. The predicted octanol–water partition coefficient (Wildman–Crippen LogP) is 1.78. The van der Waals surface area contributed by atoms with Crippen molar-refractivity contribution in [3.63, 3.8) is 0 Å². The number of nitrogens with one attached hydrogen (secondary N) is 1. The zero-order valence-corrected chi connectivity index (χ0v) is 8.48. The van der Waals surface area contributed by atoms with Crippen molar-refractivity contribution >= 4 is 0 Å². The van der Waals surface area contributed by atoms with Crippen molar-refractivity contribution < 1.29 is 4.74 Å². The third-order valence-corrected chi connectivity index (χ3v) is 2.41. The summed E-state index contributed by atoms with van der Waals surface area (Å²) in [4.78, 5) is 0. The Morgan fingerprint density at radius 3 is 2.85 bits per heavy atom. The Hall–Kier alpha value is -0.830. The van der Waals surface area contributed by atoms with Crippen molar-refractivity contribution in [1.29, 1.82) is 0 Å². The molecule has 0 saturated heterocycles. The fraction of sp³-hybridized carbons (Fsp3) is 0.700. The van der Waals surface area contributed by atoms with Gasteiger partial charge in [-0.2, -0.15) is 5.10 Å². The molecule has 0 saturated carbocycles. The molecule has 1 aliphatic heterocycles. The number of hydrogen-bond donors (Lipinski definition) is 1. The lowest BCUT2D eigenvalue weighted by Gasteiger charge is -2.19. The van der Waals surface area contributed by atoms with Gasteiger partial charge in [0, 0.05) is 11.0 Å². The first-order valence-electron chi connectivity index (χ1n) is 4.73. The summed E-state index contributed by atoms with van der Waals surface area (Å²) >= 11 is 0. The number of rotatable bonds is 0. The van der Waals surface area contributed by atoms with E-state index in [2.05, 4.69) is 31.0 Å².